The van der Waals surface area contributed by atoms with Crippen LogP contribution in [0.4, 0.5) is 5.69 Å². The van der Waals surface area contributed by atoms with Crippen LogP contribution in [0, 0.1) is 18.8 Å². The van der Waals surface area contributed by atoms with Gasteiger partial charge in [-0.25, -0.2) is 0 Å². The highest BCUT2D eigenvalue weighted by Crippen LogP contribution is 2.42. The maximum absolute atomic E-state index is 4.42. The topological polar surface area (TPSA) is 16.1 Å². The van der Waals surface area contributed by atoms with Gasteiger partial charge in [0.1, 0.15) is 0 Å². The molecule has 0 amide bonds. The lowest BCUT2D eigenvalue weighted by Gasteiger charge is -2.39. The fourth-order valence-corrected chi connectivity index (χ4v) is 3.49. The molecule has 2 heteroatoms. The largest absolute Gasteiger partial charge is 0.367 e. The first kappa shape index (κ1) is 10.1. The van der Waals surface area contributed by atoms with E-state index in [1.54, 1.807) is 0 Å². The predicted molar refractivity (Wildman–Crippen MR) is 66.6 cm³/mol. The number of hydrogen-bond acceptors (Lipinski definition) is 2. The van der Waals surface area contributed by atoms with Gasteiger partial charge in [-0.15, -0.1) is 0 Å². The van der Waals surface area contributed by atoms with Crippen LogP contribution < -0.4 is 4.90 Å². The predicted octanol–water partition coefficient (Wildman–Crippen LogP) is 3.01. The quantitative estimate of drug-likeness (QED) is 0.717. The molecule has 16 heavy (non-hydrogen) atoms. The highest BCUT2D eigenvalue weighted by Gasteiger charge is 2.40. The first-order valence-corrected chi connectivity index (χ1v) is 6.45. The number of rotatable bonds is 1. The summed E-state index contributed by atoms with van der Waals surface area (Å²) in [5, 5.41) is 0. The molecule has 1 aromatic rings. The highest BCUT2D eigenvalue weighted by atomic mass is 15.2. The molecule has 0 radical (unpaired) electrons. The molecule has 0 spiro atoms. The van der Waals surface area contributed by atoms with Crippen molar-refractivity contribution in [1.82, 2.24) is 4.98 Å². The fourth-order valence-electron chi connectivity index (χ4n) is 3.49. The Morgan fingerprint density at radius 1 is 1.25 bits per heavy atom. The first-order chi connectivity index (χ1) is 7.75. The molecule has 3 rings (SSSR count). The van der Waals surface area contributed by atoms with E-state index in [-0.39, 0.29) is 0 Å². The van der Waals surface area contributed by atoms with E-state index in [0.717, 1.165) is 23.6 Å². The Bertz CT molecular complexity index is 371. The van der Waals surface area contributed by atoms with Crippen LogP contribution in [0.5, 0.6) is 0 Å². The number of fused-ring (bicyclic) bond motifs is 2. The van der Waals surface area contributed by atoms with Crippen LogP contribution in [0.1, 0.15) is 31.9 Å². The summed E-state index contributed by atoms with van der Waals surface area (Å²) in [5.74, 6) is 1.86. The number of anilines is 1. The van der Waals surface area contributed by atoms with E-state index in [1.165, 1.54) is 31.5 Å². The van der Waals surface area contributed by atoms with E-state index in [4.69, 9.17) is 0 Å². The molecule has 2 nitrogen and oxygen atoms in total. The van der Waals surface area contributed by atoms with E-state index in [2.05, 4.69) is 28.9 Å². The van der Waals surface area contributed by atoms with Crippen LogP contribution in [0.15, 0.2) is 18.3 Å². The molecule has 3 atom stereocenters. The Hall–Kier alpha value is -1.05. The molecular formula is C14H20N2. The first-order valence-electron chi connectivity index (χ1n) is 6.45. The van der Waals surface area contributed by atoms with Gasteiger partial charge in [-0.2, -0.15) is 0 Å². The molecule has 0 aromatic carbocycles. The van der Waals surface area contributed by atoms with Gasteiger partial charge in [0.05, 0.1) is 11.9 Å². The zero-order valence-corrected chi connectivity index (χ0v) is 10.2. The molecule has 2 bridgehead atoms. The van der Waals surface area contributed by atoms with Crippen molar-refractivity contribution < 1.29 is 0 Å². The third kappa shape index (κ3) is 1.51. The van der Waals surface area contributed by atoms with Crippen LogP contribution in [-0.4, -0.2) is 17.6 Å². The average molecular weight is 216 g/mol. The molecular weight excluding hydrogens is 196 g/mol. The van der Waals surface area contributed by atoms with Gasteiger partial charge < -0.3 is 4.90 Å². The average Bonchev–Trinajstić information content (AvgIpc) is 2.52. The van der Waals surface area contributed by atoms with Crippen molar-refractivity contribution in [2.75, 3.05) is 11.4 Å². The fraction of sp³-hybridized carbons (Fsp3) is 0.643. The SMILES string of the molecule is Cc1ccc(N2CCC3CCC2C3C)cn1. The lowest BCUT2D eigenvalue weighted by Crippen LogP contribution is -2.43. The summed E-state index contributed by atoms with van der Waals surface area (Å²) in [6, 6.07) is 5.12. The summed E-state index contributed by atoms with van der Waals surface area (Å²) in [4.78, 5) is 7.00. The van der Waals surface area contributed by atoms with Gasteiger partial charge in [-0.05, 0) is 50.2 Å². The molecule has 1 aliphatic heterocycles. The minimum atomic E-state index is 0.767. The maximum Gasteiger partial charge on any atom is 0.0555 e. The van der Waals surface area contributed by atoms with Crippen molar-refractivity contribution in [3.8, 4) is 0 Å². The molecule has 0 N–H and O–H groups in total. The minimum absolute atomic E-state index is 0.767. The summed E-state index contributed by atoms with van der Waals surface area (Å²) >= 11 is 0. The van der Waals surface area contributed by atoms with Crippen molar-refractivity contribution in [3.63, 3.8) is 0 Å². The Morgan fingerprint density at radius 2 is 2.12 bits per heavy atom. The van der Waals surface area contributed by atoms with E-state index >= 15 is 0 Å². The van der Waals surface area contributed by atoms with Crippen molar-refractivity contribution in [3.05, 3.63) is 24.0 Å². The van der Waals surface area contributed by atoms with Gasteiger partial charge in [-0.3, -0.25) is 4.98 Å². The van der Waals surface area contributed by atoms with Crippen molar-refractivity contribution in [2.45, 2.75) is 39.2 Å². The molecule has 86 valence electrons. The molecule has 1 aromatic heterocycles. The zero-order chi connectivity index (χ0) is 11.1. The number of pyridine rings is 1. The summed E-state index contributed by atoms with van der Waals surface area (Å²) < 4.78 is 0. The van der Waals surface area contributed by atoms with Crippen molar-refractivity contribution in [1.29, 1.82) is 0 Å². The normalized spacial score (nSPS) is 33.1. The molecule has 2 heterocycles. The van der Waals surface area contributed by atoms with Crippen LogP contribution in [-0.2, 0) is 0 Å². The number of aryl methyl sites for hydroxylation is 1. The van der Waals surface area contributed by atoms with E-state index in [0.29, 0.717) is 0 Å². The summed E-state index contributed by atoms with van der Waals surface area (Å²) in [7, 11) is 0. The summed E-state index contributed by atoms with van der Waals surface area (Å²) in [5.41, 5.74) is 2.43. The molecule has 1 aliphatic carbocycles. The summed E-state index contributed by atoms with van der Waals surface area (Å²) in [6.45, 7) is 5.70. The van der Waals surface area contributed by atoms with Gasteiger partial charge in [0.15, 0.2) is 0 Å². The minimum Gasteiger partial charge on any atom is -0.367 e. The maximum atomic E-state index is 4.42. The van der Waals surface area contributed by atoms with E-state index in [9.17, 15) is 0 Å². The monoisotopic (exact) mass is 216 g/mol. The summed E-state index contributed by atoms with van der Waals surface area (Å²) in [6.07, 6.45) is 6.22. The molecule has 1 saturated carbocycles. The second-order valence-corrected chi connectivity index (χ2v) is 5.40. The molecule has 2 fully saturated rings. The number of hydrogen-bond donors (Lipinski definition) is 0. The van der Waals surface area contributed by atoms with Crippen LogP contribution in [0.2, 0.25) is 0 Å². The number of nitrogens with zero attached hydrogens (tertiary/aromatic N) is 2. The highest BCUT2D eigenvalue weighted by molar-refractivity contribution is 5.47. The Morgan fingerprint density at radius 3 is 2.88 bits per heavy atom. The van der Waals surface area contributed by atoms with E-state index in [1.807, 2.05) is 13.1 Å². The van der Waals surface area contributed by atoms with Crippen LogP contribution in [0.3, 0.4) is 0 Å². The van der Waals surface area contributed by atoms with Gasteiger partial charge >= 0.3 is 0 Å². The molecule has 3 unspecified atom stereocenters. The Kier molecular flexibility index (Phi) is 2.38. The Balaban J connectivity index is 1.87. The lowest BCUT2D eigenvalue weighted by molar-refractivity contribution is 0.315. The van der Waals surface area contributed by atoms with Crippen molar-refractivity contribution >= 4 is 5.69 Å². The van der Waals surface area contributed by atoms with E-state index < -0.39 is 0 Å². The Labute approximate surface area is 97.7 Å². The third-order valence-electron chi connectivity index (χ3n) is 4.55. The zero-order valence-electron chi connectivity index (χ0n) is 10.2. The number of piperidine rings is 1. The smallest absolute Gasteiger partial charge is 0.0555 e. The van der Waals surface area contributed by atoms with Gasteiger partial charge in [0, 0.05) is 18.3 Å². The number of aromatic nitrogens is 1. The molecule has 2 aliphatic rings. The molecule has 1 saturated heterocycles. The second-order valence-electron chi connectivity index (χ2n) is 5.40. The van der Waals surface area contributed by atoms with Crippen molar-refractivity contribution in [2.24, 2.45) is 11.8 Å². The van der Waals surface area contributed by atoms with Crippen LogP contribution in [0.25, 0.3) is 0 Å². The van der Waals surface area contributed by atoms with Gasteiger partial charge in [0.2, 0.25) is 0 Å². The van der Waals surface area contributed by atoms with Gasteiger partial charge in [-0.1, -0.05) is 6.92 Å². The second kappa shape index (κ2) is 3.76. The van der Waals surface area contributed by atoms with Crippen LogP contribution >= 0.6 is 0 Å². The lowest BCUT2D eigenvalue weighted by atomic mass is 9.88. The third-order valence-corrected chi connectivity index (χ3v) is 4.55. The standard InChI is InChI=1S/C14H20N2/c1-10-3-5-13(9-15-10)16-8-7-12-4-6-14(16)11(12)2/h3,5,9,11-12,14H,4,6-8H2,1-2H3. The van der Waals surface area contributed by atoms with Gasteiger partial charge in [0.25, 0.3) is 0 Å².